The van der Waals surface area contributed by atoms with Crippen molar-refractivity contribution in [2.45, 2.75) is 11.8 Å². The highest BCUT2D eigenvalue weighted by atomic mass is 32.2. The molecule has 0 saturated carbocycles. The van der Waals surface area contributed by atoms with Crippen molar-refractivity contribution < 1.29 is 8.42 Å². The number of nitrogens with zero attached hydrogens (tertiary/aromatic N) is 4. The van der Waals surface area contributed by atoms with Crippen molar-refractivity contribution in [3.8, 4) is 0 Å². The molecule has 2 aromatic carbocycles. The molecule has 2 saturated heterocycles. The van der Waals surface area contributed by atoms with E-state index in [1.807, 2.05) is 37.3 Å². The van der Waals surface area contributed by atoms with Gasteiger partial charge in [0.05, 0.1) is 21.6 Å². The van der Waals surface area contributed by atoms with E-state index in [0.717, 1.165) is 35.6 Å². The maximum atomic E-state index is 12.9. The van der Waals surface area contributed by atoms with E-state index in [1.165, 1.54) is 0 Å². The standard InChI is InChI=1S/C21H22N4O2S/c1-15-21(23-20-10-6-5-9-19(20)22-15)24-11-16-13-25(14-17(16)12-24)28(26,27)18-7-3-2-4-8-18/h2-10,16-17H,11-14H2,1H3. The Balaban J connectivity index is 1.36. The third kappa shape index (κ3) is 2.86. The third-order valence-electron chi connectivity index (χ3n) is 5.85. The lowest BCUT2D eigenvalue weighted by molar-refractivity contribution is 0.453. The molecule has 1 aromatic heterocycles. The summed E-state index contributed by atoms with van der Waals surface area (Å²) in [6.07, 6.45) is 0. The summed E-state index contributed by atoms with van der Waals surface area (Å²) >= 11 is 0. The highest BCUT2D eigenvalue weighted by Crippen LogP contribution is 2.36. The fourth-order valence-electron chi connectivity index (χ4n) is 4.44. The van der Waals surface area contributed by atoms with Crippen LogP contribution in [0.2, 0.25) is 0 Å². The number of para-hydroxylation sites is 2. The lowest BCUT2D eigenvalue weighted by Gasteiger charge is -2.23. The highest BCUT2D eigenvalue weighted by Gasteiger charge is 2.44. The molecule has 7 heteroatoms. The van der Waals surface area contributed by atoms with Gasteiger partial charge in [-0.3, -0.25) is 0 Å². The molecule has 2 unspecified atom stereocenters. The Kier molecular flexibility index (Phi) is 4.10. The molecule has 2 aliphatic rings. The minimum Gasteiger partial charge on any atom is -0.354 e. The predicted molar refractivity (Wildman–Crippen MR) is 109 cm³/mol. The normalized spacial score (nSPS) is 22.7. The summed E-state index contributed by atoms with van der Waals surface area (Å²) < 4.78 is 27.5. The van der Waals surface area contributed by atoms with Crippen LogP contribution in [0.1, 0.15) is 5.69 Å². The SMILES string of the molecule is Cc1nc2ccccc2nc1N1CC2CN(S(=O)(=O)c3ccccc3)CC2C1. The first-order chi connectivity index (χ1) is 13.5. The first-order valence-corrected chi connectivity index (χ1v) is 11.0. The summed E-state index contributed by atoms with van der Waals surface area (Å²) in [5.74, 6) is 1.57. The van der Waals surface area contributed by atoms with Crippen molar-refractivity contribution in [2.75, 3.05) is 31.1 Å². The number of anilines is 1. The fraction of sp³-hybridized carbons (Fsp3) is 0.333. The molecule has 3 heterocycles. The Morgan fingerprint density at radius 1 is 0.821 bits per heavy atom. The summed E-state index contributed by atoms with van der Waals surface area (Å²) in [6, 6.07) is 16.6. The molecule has 2 atom stereocenters. The maximum absolute atomic E-state index is 12.9. The van der Waals surface area contributed by atoms with Gasteiger partial charge >= 0.3 is 0 Å². The van der Waals surface area contributed by atoms with Crippen LogP contribution in [-0.2, 0) is 10.0 Å². The Bertz CT molecular complexity index is 1120. The number of fused-ring (bicyclic) bond motifs is 2. The van der Waals surface area contributed by atoms with Crippen LogP contribution >= 0.6 is 0 Å². The Morgan fingerprint density at radius 3 is 2.04 bits per heavy atom. The summed E-state index contributed by atoms with van der Waals surface area (Å²) in [4.78, 5) is 12.2. The predicted octanol–water partition coefficient (Wildman–Crippen LogP) is 2.70. The monoisotopic (exact) mass is 394 g/mol. The van der Waals surface area contributed by atoms with Gasteiger partial charge in [-0.05, 0) is 43.0 Å². The second kappa shape index (κ2) is 6.53. The molecule has 28 heavy (non-hydrogen) atoms. The molecule has 0 N–H and O–H groups in total. The number of hydrogen-bond acceptors (Lipinski definition) is 5. The molecule has 0 amide bonds. The first-order valence-electron chi connectivity index (χ1n) is 9.56. The Labute approximate surface area is 164 Å². The van der Waals surface area contributed by atoms with E-state index in [1.54, 1.807) is 28.6 Å². The minimum atomic E-state index is -3.41. The molecule has 6 nitrogen and oxygen atoms in total. The molecule has 144 valence electrons. The van der Waals surface area contributed by atoms with Gasteiger partial charge in [0.2, 0.25) is 10.0 Å². The molecule has 0 bridgehead atoms. The molecule has 2 fully saturated rings. The van der Waals surface area contributed by atoms with Crippen LogP contribution < -0.4 is 4.90 Å². The number of rotatable bonds is 3. The van der Waals surface area contributed by atoms with Crippen molar-refractivity contribution >= 4 is 26.9 Å². The van der Waals surface area contributed by atoms with Gasteiger partial charge in [-0.15, -0.1) is 0 Å². The zero-order valence-electron chi connectivity index (χ0n) is 15.7. The Hall–Kier alpha value is -2.51. The van der Waals surface area contributed by atoms with E-state index in [4.69, 9.17) is 9.97 Å². The highest BCUT2D eigenvalue weighted by molar-refractivity contribution is 7.89. The van der Waals surface area contributed by atoms with Crippen molar-refractivity contribution in [1.82, 2.24) is 14.3 Å². The topological polar surface area (TPSA) is 66.4 Å². The lowest BCUT2D eigenvalue weighted by atomic mass is 10.0. The molecule has 0 aliphatic carbocycles. The van der Waals surface area contributed by atoms with Crippen LogP contribution in [-0.4, -0.2) is 48.9 Å². The number of aryl methyl sites for hydroxylation is 1. The van der Waals surface area contributed by atoms with Crippen LogP contribution in [0.3, 0.4) is 0 Å². The molecule has 0 spiro atoms. The largest absolute Gasteiger partial charge is 0.354 e. The van der Waals surface area contributed by atoms with Crippen molar-refractivity contribution in [2.24, 2.45) is 11.8 Å². The average molecular weight is 395 g/mol. The molecule has 2 aliphatic heterocycles. The van der Waals surface area contributed by atoms with Gasteiger partial charge in [0.25, 0.3) is 0 Å². The molecule has 3 aromatic rings. The van der Waals surface area contributed by atoms with E-state index < -0.39 is 10.0 Å². The molecule has 0 radical (unpaired) electrons. The van der Waals surface area contributed by atoms with E-state index in [2.05, 4.69) is 4.90 Å². The first kappa shape index (κ1) is 17.6. The quantitative estimate of drug-likeness (QED) is 0.683. The van der Waals surface area contributed by atoms with Crippen molar-refractivity contribution in [3.05, 3.63) is 60.3 Å². The fourth-order valence-corrected chi connectivity index (χ4v) is 6.01. The zero-order chi connectivity index (χ0) is 19.3. The second-order valence-corrected chi connectivity index (χ2v) is 9.62. The second-order valence-electron chi connectivity index (χ2n) is 7.68. The van der Waals surface area contributed by atoms with Gasteiger partial charge in [0, 0.05) is 26.2 Å². The number of benzene rings is 2. The van der Waals surface area contributed by atoms with E-state index in [9.17, 15) is 8.42 Å². The van der Waals surface area contributed by atoms with Crippen molar-refractivity contribution in [1.29, 1.82) is 0 Å². The Morgan fingerprint density at radius 2 is 1.39 bits per heavy atom. The third-order valence-corrected chi connectivity index (χ3v) is 7.70. The lowest BCUT2D eigenvalue weighted by Crippen LogP contribution is -2.33. The van der Waals surface area contributed by atoms with Gasteiger partial charge in [-0.25, -0.2) is 18.4 Å². The van der Waals surface area contributed by atoms with Gasteiger partial charge in [0.1, 0.15) is 0 Å². The van der Waals surface area contributed by atoms with Crippen LogP contribution in [0.4, 0.5) is 5.82 Å². The van der Waals surface area contributed by atoms with Crippen LogP contribution in [0.15, 0.2) is 59.5 Å². The number of sulfonamides is 1. The van der Waals surface area contributed by atoms with E-state index in [0.29, 0.717) is 29.8 Å². The van der Waals surface area contributed by atoms with E-state index >= 15 is 0 Å². The van der Waals surface area contributed by atoms with Gasteiger partial charge in [-0.2, -0.15) is 4.31 Å². The molecule has 5 rings (SSSR count). The molecular formula is C21H22N4O2S. The van der Waals surface area contributed by atoms with Crippen LogP contribution in [0.25, 0.3) is 11.0 Å². The molecular weight excluding hydrogens is 372 g/mol. The van der Waals surface area contributed by atoms with Gasteiger partial charge < -0.3 is 4.90 Å². The smallest absolute Gasteiger partial charge is 0.243 e. The number of aromatic nitrogens is 2. The minimum absolute atomic E-state index is 0.325. The van der Waals surface area contributed by atoms with E-state index in [-0.39, 0.29) is 0 Å². The average Bonchev–Trinajstić information content (AvgIpc) is 3.28. The van der Waals surface area contributed by atoms with Gasteiger partial charge in [0.15, 0.2) is 5.82 Å². The summed E-state index contributed by atoms with van der Waals surface area (Å²) in [6.45, 7) is 4.77. The summed E-state index contributed by atoms with van der Waals surface area (Å²) in [7, 11) is -3.41. The van der Waals surface area contributed by atoms with Crippen LogP contribution in [0, 0.1) is 18.8 Å². The summed E-state index contributed by atoms with van der Waals surface area (Å²) in [5, 5.41) is 0. The number of hydrogen-bond donors (Lipinski definition) is 0. The van der Waals surface area contributed by atoms with Gasteiger partial charge in [-0.1, -0.05) is 30.3 Å². The van der Waals surface area contributed by atoms with Crippen LogP contribution in [0.5, 0.6) is 0 Å². The zero-order valence-corrected chi connectivity index (χ0v) is 16.5. The summed E-state index contributed by atoms with van der Waals surface area (Å²) in [5.41, 5.74) is 2.73. The maximum Gasteiger partial charge on any atom is 0.243 e. The van der Waals surface area contributed by atoms with Crippen molar-refractivity contribution in [3.63, 3.8) is 0 Å².